The third-order valence-electron chi connectivity index (χ3n) is 3.55. The first-order valence-corrected chi connectivity index (χ1v) is 7.98. The number of allylic oxidation sites excluding steroid dienone is 1. The van der Waals surface area contributed by atoms with E-state index in [0.29, 0.717) is 0 Å². The number of nitrogens with zero attached hydrogens (tertiary/aromatic N) is 1. The molecule has 0 aliphatic carbocycles. The summed E-state index contributed by atoms with van der Waals surface area (Å²) in [5, 5.41) is 1.26. The van der Waals surface area contributed by atoms with E-state index in [2.05, 4.69) is 88.4 Å². The molecule has 104 valence electrons. The van der Waals surface area contributed by atoms with Gasteiger partial charge in [-0.2, -0.15) is 0 Å². The second kappa shape index (κ2) is 5.90. The summed E-state index contributed by atoms with van der Waals surface area (Å²) in [7, 11) is 0. The molecule has 21 heavy (non-hydrogen) atoms. The minimum atomic E-state index is 1.14. The summed E-state index contributed by atoms with van der Waals surface area (Å²) in [5.41, 5.74) is 4.74. The zero-order valence-electron chi connectivity index (χ0n) is 11.9. The minimum absolute atomic E-state index is 1.14. The Bertz CT molecular complexity index is 826. The van der Waals surface area contributed by atoms with E-state index in [1.54, 1.807) is 0 Å². The molecule has 0 atom stereocenters. The molecule has 0 amide bonds. The number of hydrogen-bond acceptors (Lipinski definition) is 0. The van der Waals surface area contributed by atoms with Gasteiger partial charge in [0.25, 0.3) is 0 Å². The van der Waals surface area contributed by atoms with Crippen LogP contribution in [0, 0.1) is 3.57 Å². The first-order chi connectivity index (χ1) is 10.3. The number of aromatic nitrogens is 1. The van der Waals surface area contributed by atoms with Crippen LogP contribution in [0.5, 0.6) is 0 Å². The van der Waals surface area contributed by atoms with Crippen LogP contribution in [0.15, 0.2) is 61.2 Å². The quantitative estimate of drug-likeness (QED) is 0.494. The molecule has 1 heterocycles. The van der Waals surface area contributed by atoms with E-state index in [4.69, 9.17) is 0 Å². The van der Waals surface area contributed by atoms with Gasteiger partial charge in [0.05, 0.1) is 11.2 Å². The maximum atomic E-state index is 4.02. The van der Waals surface area contributed by atoms with Crippen molar-refractivity contribution >= 4 is 45.6 Å². The highest BCUT2D eigenvalue weighted by Gasteiger charge is 2.14. The van der Waals surface area contributed by atoms with E-state index >= 15 is 0 Å². The number of fused-ring (bicyclic) bond motifs is 1. The topological polar surface area (TPSA) is 4.93 Å². The smallest absolute Gasteiger partial charge is 0.0541 e. The average Bonchev–Trinajstić information content (AvgIpc) is 2.82. The number of para-hydroxylation sites is 1. The molecule has 1 nitrogen and oxygen atoms in total. The van der Waals surface area contributed by atoms with Crippen molar-refractivity contribution in [3.05, 3.63) is 76.0 Å². The molecular formula is C19H16IN. The van der Waals surface area contributed by atoms with Crippen molar-refractivity contribution in [3.8, 4) is 5.69 Å². The largest absolute Gasteiger partial charge is 0.309 e. The van der Waals surface area contributed by atoms with Gasteiger partial charge in [-0.1, -0.05) is 36.9 Å². The second-order valence-corrected chi connectivity index (χ2v) is 6.08. The van der Waals surface area contributed by atoms with E-state index in [-0.39, 0.29) is 0 Å². The highest BCUT2D eigenvalue weighted by atomic mass is 127. The maximum Gasteiger partial charge on any atom is 0.0541 e. The summed E-state index contributed by atoms with van der Waals surface area (Å²) in [5.74, 6) is 0. The Kier molecular flexibility index (Phi) is 3.97. The molecule has 2 heteroatoms. The van der Waals surface area contributed by atoms with Gasteiger partial charge in [0.2, 0.25) is 0 Å². The van der Waals surface area contributed by atoms with Crippen LogP contribution in [-0.2, 0) is 0 Å². The molecule has 0 fully saturated rings. The zero-order valence-corrected chi connectivity index (χ0v) is 14.0. The predicted molar refractivity (Wildman–Crippen MR) is 101 cm³/mol. The van der Waals surface area contributed by atoms with Crippen LogP contribution >= 0.6 is 22.6 Å². The maximum absolute atomic E-state index is 4.02. The van der Waals surface area contributed by atoms with Gasteiger partial charge in [0, 0.05) is 20.2 Å². The molecule has 2 aromatic carbocycles. The third-order valence-corrected chi connectivity index (χ3v) is 4.22. The van der Waals surface area contributed by atoms with Crippen molar-refractivity contribution in [2.24, 2.45) is 0 Å². The molecule has 0 spiro atoms. The average molecular weight is 385 g/mol. The van der Waals surface area contributed by atoms with Crippen molar-refractivity contribution < 1.29 is 0 Å². The Balaban J connectivity index is 2.46. The molecule has 0 saturated heterocycles. The van der Waals surface area contributed by atoms with E-state index in [1.165, 1.54) is 20.0 Å². The molecule has 3 aromatic rings. The number of halogens is 1. The van der Waals surface area contributed by atoms with Crippen LogP contribution in [-0.4, -0.2) is 4.57 Å². The molecule has 0 radical (unpaired) electrons. The Morgan fingerprint density at radius 1 is 1.10 bits per heavy atom. The lowest BCUT2D eigenvalue weighted by molar-refractivity contribution is 1.11. The summed E-state index contributed by atoms with van der Waals surface area (Å²) < 4.78 is 3.51. The van der Waals surface area contributed by atoms with E-state index < -0.39 is 0 Å². The first kappa shape index (κ1) is 14.1. The van der Waals surface area contributed by atoms with Crippen LogP contribution in [0.3, 0.4) is 0 Å². The van der Waals surface area contributed by atoms with Crippen LogP contribution in [0.2, 0.25) is 0 Å². The molecular weight excluding hydrogens is 369 g/mol. The fourth-order valence-corrected chi connectivity index (χ4v) is 3.20. The summed E-state index contributed by atoms with van der Waals surface area (Å²) in [6, 6.07) is 17.0. The van der Waals surface area contributed by atoms with Crippen molar-refractivity contribution in [2.45, 2.75) is 6.92 Å². The lowest BCUT2D eigenvalue weighted by Crippen LogP contribution is -1.96. The summed E-state index contributed by atoms with van der Waals surface area (Å²) >= 11 is 2.36. The molecule has 0 unspecified atom stereocenters. The fourth-order valence-electron chi connectivity index (χ4n) is 2.71. The third kappa shape index (κ3) is 2.44. The lowest BCUT2D eigenvalue weighted by Gasteiger charge is -2.08. The molecule has 0 saturated carbocycles. The number of benzene rings is 2. The van der Waals surface area contributed by atoms with E-state index in [0.717, 1.165) is 11.4 Å². The predicted octanol–water partition coefficient (Wildman–Crippen LogP) is 5.91. The Hall–Kier alpha value is -1.81. The molecule has 0 N–H and O–H groups in total. The van der Waals surface area contributed by atoms with Gasteiger partial charge < -0.3 is 4.57 Å². The first-order valence-electron chi connectivity index (χ1n) is 6.90. The monoisotopic (exact) mass is 385 g/mol. The zero-order chi connectivity index (χ0) is 14.8. The second-order valence-electron chi connectivity index (χ2n) is 4.84. The Morgan fingerprint density at radius 3 is 2.52 bits per heavy atom. The van der Waals surface area contributed by atoms with Crippen LogP contribution in [0.25, 0.3) is 28.7 Å². The molecule has 0 bridgehead atoms. The lowest BCUT2D eigenvalue weighted by atomic mass is 10.1. The summed E-state index contributed by atoms with van der Waals surface area (Å²) in [6.07, 6.45) is 6.18. The van der Waals surface area contributed by atoms with Crippen molar-refractivity contribution in [1.82, 2.24) is 4.57 Å². The van der Waals surface area contributed by atoms with Gasteiger partial charge in [-0.25, -0.2) is 0 Å². The minimum Gasteiger partial charge on any atom is -0.309 e. The summed E-state index contributed by atoms with van der Waals surface area (Å²) in [6.45, 7) is 6.07. The van der Waals surface area contributed by atoms with Crippen molar-refractivity contribution in [3.63, 3.8) is 0 Å². The van der Waals surface area contributed by atoms with Gasteiger partial charge in [-0.05, 0) is 65.9 Å². The van der Waals surface area contributed by atoms with Crippen molar-refractivity contribution in [2.75, 3.05) is 0 Å². The van der Waals surface area contributed by atoms with E-state index in [9.17, 15) is 0 Å². The number of hydrogen-bond donors (Lipinski definition) is 0. The van der Waals surface area contributed by atoms with E-state index in [1.807, 2.05) is 19.1 Å². The highest BCUT2D eigenvalue weighted by Crippen LogP contribution is 2.32. The van der Waals surface area contributed by atoms with Crippen molar-refractivity contribution in [1.29, 1.82) is 0 Å². The molecule has 1 aromatic heterocycles. The van der Waals surface area contributed by atoms with Gasteiger partial charge in [-0.15, -0.1) is 0 Å². The highest BCUT2D eigenvalue weighted by molar-refractivity contribution is 14.1. The molecule has 3 rings (SSSR count). The number of rotatable bonds is 3. The Labute approximate surface area is 138 Å². The van der Waals surface area contributed by atoms with Gasteiger partial charge in [0.1, 0.15) is 0 Å². The molecule has 0 aliphatic heterocycles. The van der Waals surface area contributed by atoms with Crippen LogP contribution in [0.1, 0.15) is 18.2 Å². The van der Waals surface area contributed by atoms with Gasteiger partial charge in [0.15, 0.2) is 0 Å². The summed E-state index contributed by atoms with van der Waals surface area (Å²) in [4.78, 5) is 0. The van der Waals surface area contributed by atoms with Gasteiger partial charge >= 0.3 is 0 Å². The van der Waals surface area contributed by atoms with Gasteiger partial charge in [-0.3, -0.25) is 0 Å². The fraction of sp³-hybridized carbons (Fsp3) is 0.0526. The normalized spacial score (nSPS) is 11.3. The standard InChI is InChI=1S/C19H16IN/c1-3-8-16-17-13-14(20)11-12-19(17)21(18(16)4-2)15-9-6-5-7-10-15/h3-13H,2H2,1H3/b8-3-. The van der Waals surface area contributed by atoms with Crippen LogP contribution in [0.4, 0.5) is 0 Å². The Morgan fingerprint density at radius 2 is 1.86 bits per heavy atom. The SMILES string of the molecule is C=Cc1c(/C=C\C)c2cc(I)ccc2n1-c1ccccc1. The molecule has 0 aliphatic rings. The van der Waals surface area contributed by atoms with Crippen LogP contribution < -0.4 is 0 Å².